The van der Waals surface area contributed by atoms with Gasteiger partial charge in [0.15, 0.2) is 0 Å². The summed E-state index contributed by atoms with van der Waals surface area (Å²) >= 11 is 0. The quantitative estimate of drug-likeness (QED) is 0.604. The van der Waals surface area contributed by atoms with Crippen molar-refractivity contribution in [3.8, 4) is 11.5 Å². The number of anilines is 1. The van der Waals surface area contributed by atoms with E-state index in [2.05, 4.69) is 10.00 Å². The summed E-state index contributed by atoms with van der Waals surface area (Å²) in [6.07, 6.45) is 2.28. The number of aromatic nitrogens is 2. The molecule has 0 bridgehead atoms. The van der Waals surface area contributed by atoms with Gasteiger partial charge in [0.1, 0.15) is 17.2 Å². The molecule has 33 heavy (non-hydrogen) atoms. The molecule has 5 rings (SSSR count). The maximum Gasteiger partial charge on any atom is 0.274 e. The summed E-state index contributed by atoms with van der Waals surface area (Å²) in [5, 5.41) is 4.22. The van der Waals surface area contributed by atoms with Crippen molar-refractivity contribution in [2.45, 2.75) is 12.5 Å². The zero-order valence-electron chi connectivity index (χ0n) is 18.6. The van der Waals surface area contributed by atoms with Crippen LogP contribution in [-0.2, 0) is 11.8 Å². The number of nitrogens with zero attached hydrogens (tertiary/aromatic N) is 5. The largest absolute Gasteiger partial charge is 0.457 e. The number of hydrogen-bond acceptors (Lipinski definition) is 5. The molecule has 1 atom stereocenters. The van der Waals surface area contributed by atoms with Crippen LogP contribution in [0.1, 0.15) is 16.9 Å². The van der Waals surface area contributed by atoms with Crippen molar-refractivity contribution in [2.75, 3.05) is 37.6 Å². The normalized spacial score (nSPS) is 19.2. The van der Waals surface area contributed by atoms with E-state index in [0.29, 0.717) is 31.7 Å². The molecule has 0 spiro atoms. The molecule has 170 valence electrons. The van der Waals surface area contributed by atoms with Crippen molar-refractivity contribution in [1.29, 1.82) is 0 Å². The lowest BCUT2D eigenvalue weighted by atomic mass is 10.2. The highest BCUT2D eigenvalue weighted by Gasteiger charge is 2.36. The molecule has 0 N–H and O–H groups in total. The standard InChI is InChI=1S/C25H27N5O3/c1-27-12-11-23(26-27)25(32)29-15-13-28(14-16-29)20-17-24(31)30(18-20)19-7-9-22(10-8-19)33-21-5-3-2-4-6-21/h2-12,20H,13-18H2,1H3. The summed E-state index contributed by atoms with van der Waals surface area (Å²) < 4.78 is 7.49. The second kappa shape index (κ2) is 9.07. The molecule has 0 aliphatic carbocycles. The number of piperazine rings is 1. The Morgan fingerprint density at radius 1 is 0.939 bits per heavy atom. The van der Waals surface area contributed by atoms with Crippen LogP contribution >= 0.6 is 0 Å². The van der Waals surface area contributed by atoms with Crippen LogP contribution in [0, 0.1) is 0 Å². The number of rotatable bonds is 5. The summed E-state index contributed by atoms with van der Waals surface area (Å²) in [7, 11) is 1.81. The summed E-state index contributed by atoms with van der Waals surface area (Å²) in [5.41, 5.74) is 1.36. The summed E-state index contributed by atoms with van der Waals surface area (Å²) in [6, 6.07) is 19.2. The third-order valence-corrected chi connectivity index (χ3v) is 6.28. The molecule has 2 fully saturated rings. The Morgan fingerprint density at radius 2 is 1.64 bits per heavy atom. The Labute approximate surface area is 193 Å². The zero-order valence-corrected chi connectivity index (χ0v) is 18.6. The van der Waals surface area contributed by atoms with Gasteiger partial charge in [-0.25, -0.2) is 0 Å². The van der Waals surface area contributed by atoms with Crippen LogP contribution in [0.4, 0.5) is 5.69 Å². The summed E-state index contributed by atoms with van der Waals surface area (Å²) in [6.45, 7) is 3.46. The van der Waals surface area contributed by atoms with Gasteiger partial charge in [0.25, 0.3) is 5.91 Å². The average molecular weight is 446 g/mol. The van der Waals surface area contributed by atoms with E-state index in [4.69, 9.17) is 4.74 Å². The second-order valence-corrected chi connectivity index (χ2v) is 8.47. The summed E-state index contributed by atoms with van der Waals surface area (Å²) in [4.78, 5) is 31.4. The van der Waals surface area contributed by atoms with E-state index in [9.17, 15) is 9.59 Å². The number of carbonyl (C=O) groups excluding carboxylic acids is 2. The molecule has 2 aromatic carbocycles. The van der Waals surface area contributed by atoms with Crippen LogP contribution in [0.15, 0.2) is 66.9 Å². The lowest BCUT2D eigenvalue weighted by Gasteiger charge is -2.37. The van der Waals surface area contributed by atoms with Crippen molar-refractivity contribution in [1.82, 2.24) is 19.6 Å². The first-order valence-electron chi connectivity index (χ1n) is 11.2. The Kier molecular flexibility index (Phi) is 5.83. The number of para-hydroxylation sites is 1. The maximum atomic E-state index is 12.8. The minimum Gasteiger partial charge on any atom is -0.457 e. The Hall–Kier alpha value is -3.65. The molecule has 8 heteroatoms. The van der Waals surface area contributed by atoms with Crippen molar-refractivity contribution in [2.24, 2.45) is 7.05 Å². The van der Waals surface area contributed by atoms with Crippen LogP contribution in [0.2, 0.25) is 0 Å². The number of amides is 2. The topological polar surface area (TPSA) is 70.9 Å². The van der Waals surface area contributed by atoms with Gasteiger partial charge in [-0.1, -0.05) is 18.2 Å². The molecule has 0 radical (unpaired) electrons. The average Bonchev–Trinajstić information content (AvgIpc) is 3.46. The first-order valence-corrected chi connectivity index (χ1v) is 11.2. The van der Waals surface area contributed by atoms with Crippen molar-refractivity contribution in [3.05, 3.63) is 72.6 Å². The minimum atomic E-state index is -0.0304. The SMILES string of the molecule is Cn1ccc(C(=O)N2CCN(C3CC(=O)N(c4ccc(Oc5ccccc5)cc4)C3)CC2)n1. The highest BCUT2D eigenvalue weighted by atomic mass is 16.5. The van der Waals surface area contributed by atoms with E-state index in [1.807, 2.05) is 64.4 Å². The predicted octanol–water partition coefficient (Wildman–Crippen LogP) is 2.78. The second-order valence-electron chi connectivity index (χ2n) is 8.47. The van der Waals surface area contributed by atoms with Gasteiger partial charge in [-0.05, 0) is 42.5 Å². The number of carbonyl (C=O) groups is 2. The number of ether oxygens (including phenoxy) is 1. The fraction of sp³-hybridized carbons (Fsp3) is 0.320. The van der Waals surface area contributed by atoms with Gasteiger partial charge in [-0.15, -0.1) is 0 Å². The van der Waals surface area contributed by atoms with E-state index in [1.165, 1.54) is 0 Å². The molecule has 2 aliphatic heterocycles. The van der Waals surface area contributed by atoms with Gasteiger partial charge < -0.3 is 14.5 Å². The molecule has 3 heterocycles. The molecule has 8 nitrogen and oxygen atoms in total. The van der Waals surface area contributed by atoms with Gasteiger partial charge in [-0.3, -0.25) is 19.2 Å². The van der Waals surface area contributed by atoms with Gasteiger partial charge >= 0.3 is 0 Å². The third kappa shape index (κ3) is 4.61. The first kappa shape index (κ1) is 21.2. The van der Waals surface area contributed by atoms with Gasteiger partial charge in [0.05, 0.1) is 0 Å². The van der Waals surface area contributed by atoms with Crippen molar-refractivity contribution >= 4 is 17.5 Å². The summed E-state index contributed by atoms with van der Waals surface area (Å²) in [5.74, 6) is 1.62. The number of hydrogen-bond donors (Lipinski definition) is 0. The van der Waals surface area contributed by atoms with Crippen LogP contribution in [0.3, 0.4) is 0 Å². The molecule has 2 saturated heterocycles. The van der Waals surface area contributed by atoms with Crippen molar-refractivity contribution in [3.63, 3.8) is 0 Å². The Balaban J connectivity index is 1.17. The lowest BCUT2D eigenvalue weighted by molar-refractivity contribution is -0.117. The van der Waals surface area contributed by atoms with Crippen LogP contribution in [0.5, 0.6) is 11.5 Å². The zero-order chi connectivity index (χ0) is 22.8. The number of aryl methyl sites for hydroxylation is 1. The first-order chi connectivity index (χ1) is 16.1. The van der Waals surface area contributed by atoms with E-state index in [1.54, 1.807) is 24.0 Å². The fourth-order valence-electron chi connectivity index (χ4n) is 4.48. The smallest absolute Gasteiger partial charge is 0.274 e. The van der Waals surface area contributed by atoms with Crippen LogP contribution in [0.25, 0.3) is 0 Å². The molecule has 0 saturated carbocycles. The molecule has 1 unspecified atom stereocenters. The molecule has 3 aromatic rings. The van der Waals surface area contributed by atoms with E-state index >= 15 is 0 Å². The van der Waals surface area contributed by atoms with E-state index in [0.717, 1.165) is 30.3 Å². The fourth-order valence-corrected chi connectivity index (χ4v) is 4.48. The van der Waals surface area contributed by atoms with Gasteiger partial charge in [0.2, 0.25) is 5.91 Å². The van der Waals surface area contributed by atoms with Gasteiger partial charge in [0, 0.05) is 64.1 Å². The van der Waals surface area contributed by atoms with E-state index in [-0.39, 0.29) is 17.9 Å². The lowest BCUT2D eigenvalue weighted by Crippen LogP contribution is -2.52. The predicted molar refractivity (Wildman–Crippen MR) is 124 cm³/mol. The minimum absolute atomic E-state index is 0.0304. The molecule has 2 amide bonds. The van der Waals surface area contributed by atoms with Crippen molar-refractivity contribution < 1.29 is 14.3 Å². The monoisotopic (exact) mass is 445 g/mol. The highest BCUT2D eigenvalue weighted by molar-refractivity contribution is 5.96. The molecule has 1 aromatic heterocycles. The molecular weight excluding hydrogens is 418 g/mol. The highest BCUT2D eigenvalue weighted by Crippen LogP contribution is 2.28. The Bertz CT molecular complexity index is 1120. The molecule has 2 aliphatic rings. The van der Waals surface area contributed by atoms with E-state index < -0.39 is 0 Å². The van der Waals surface area contributed by atoms with Crippen LogP contribution < -0.4 is 9.64 Å². The van der Waals surface area contributed by atoms with Crippen LogP contribution in [-0.4, -0.2) is 70.2 Å². The number of benzene rings is 2. The Morgan fingerprint density at radius 3 is 2.30 bits per heavy atom. The third-order valence-electron chi connectivity index (χ3n) is 6.28. The maximum absolute atomic E-state index is 12.8. The van der Waals surface area contributed by atoms with Gasteiger partial charge in [-0.2, -0.15) is 5.10 Å². The molecular formula is C25H27N5O3.